The second-order valence-electron chi connectivity index (χ2n) is 1.46. The van der Waals surface area contributed by atoms with Crippen molar-refractivity contribution >= 4 is 28.6 Å². The average Bonchev–Trinajstić information content (AvgIpc) is 1.82. The Morgan fingerprint density at radius 3 is 2.00 bits per heavy atom. The first kappa shape index (κ1) is 17.9. The van der Waals surface area contributed by atoms with Crippen molar-refractivity contribution in [3.05, 3.63) is 0 Å². The van der Waals surface area contributed by atoms with Crippen molar-refractivity contribution in [1.29, 1.82) is 0 Å². The molecule has 0 fully saturated rings. The van der Waals surface area contributed by atoms with E-state index in [0.717, 1.165) is 5.75 Å². The van der Waals surface area contributed by atoms with Crippen molar-refractivity contribution < 1.29 is 44.6 Å². The average molecular weight is 206 g/mol. The summed E-state index contributed by atoms with van der Waals surface area (Å²) in [5.41, 5.74) is 0. The van der Waals surface area contributed by atoms with Gasteiger partial charge in [-0.25, -0.2) is 4.79 Å². The van der Waals surface area contributed by atoms with E-state index in [4.69, 9.17) is 15.0 Å². The molecule has 0 unspecified atom stereocenters. The molecule has 0 atom stereocenters. The summed E-state index contributed by atoms with van der Waals surface area (Å²) in [5, 5.41) is 13.9. The third-order valence-corrected chi connectivity index (χ3v) is 1.54. The van der Waals surface area contributed by atoms with Gasteiger partial charge in [0.05, 0.1) is 0 Å². The molecule has 0 saturated carbocycles. The van der Waals surface area contributed by atoms with Gasteiger partial charge < -0.3 is 32.7 Å². The van der Waals surface area contributed by atoms with Crippen molar-refractivity contribution in [2.24, 2.45) is 0 Å². The van der Waals surface area contributed by atoms with Crippen LogP contribution in [-0.4, -0.2) is 22.1 Å². The molecule has 0 spiro atoms. The molecule has 2 N–H and O–H groups in total. The maximum atomic E-state index is 8.56. The quantitative estimate of drug-likeness (QED) is 0.274. The van der Waals surface area contributed by atoms with Crippen molar-refractivity contribution in [2.75, 3.05) is 5.75 Å². The predicted octanol–water partition coefficient (Wildman–Crippen LogP) is -0.792. The Morgan fingerprint density at radius 2 is 1.91 bits per heavy atom. The van der Waals surface area contributed by atoms with E-state index >= 15 is 0 Å². The van der Waals surface area contributed by atoms with Crippen LogP contribution in [-0.2, 0) is 11.7 Å². The van der Waals surface area contributed by atoms with Crippen molar-refractivity contribution in [2.45, 2.75) is 19.8 Å². The van der Waals surface area contributed by atoms with Crippen LogP contribution in [0.3, 0.4) is 0 Å². The van der Waals surface area contributed by atoms with Gasteiger partial charge in [0.1, 0.15) is 0 Å². The summed E-state index contributed by atoms with van der Waals surface area (Å²) in [6.07, 6.45) is 0.706. The van der Waals surface area contributed by atoms with Crippen molar-refractivity contribution in [3.63, 3.8) is 0 Å². The normalized spacial score (nSPS) is 7.09. The molecule has 0 aromatic heterocycles. The fraction of sp³-hybridized carbons (Fsp3) is 0.800. The van der Waals surface area contributed by atoms with E-state index < -0.39 is 6.16 Å². The van der Waals surface area contributed by atoms with E-state index in [2.05, 4.69) is 18.6 Å². The molecule has 0 radical (unpaired) electrons. The summed E-state index contributed by atoms with van der Waals surface area (Å²) in [4.78, 5) is 8.56. The molecule has 0 bridgehead atoms. The summed E-state index contributed by atoms with van der Waals surface area (Å²) < 4.78 is 0. The predicted molar refractivity (Wildman–Crippen MR) is 45.4 cm³/mol. The Morgan fingerprint density at radius 1 is 1.55 bits per heavy atom. The number of carbonyl (C=O) groups is 1. The Balaban J connectivity index is -0.000000114. The van der Waals surface area contributed by atoms with E-state index in [1.54, 1.807) is 0 Å². The van der Waals surface area contributed by atoms with Gasteiger partial charge >= 0.3 is 35.7 Å². The number of rotatable bonds is 3. The topological polar surface area (TPSA) is 57.5 Å². The molecule has 0 aliphatic heterocycles. The van der Waals surface area contributed by atoms with Gasteiger partial charge in [-0.05, 0) is 12.2 Å². The van der Waals surface area contributed by atoms with E-state index in [1.165, 1.54) is 23.6 Å². The summed E-state index contributed by atoms with van der Waals surface area (Å²) in [6.45, 7) is 2.17. The molecule has 0 aromatic rings. The molecule has 62 valence electrons. The largest absolute Gasteiger partial charge is 1.00 e. The Kier molecular flexibility index (Phi) is 27.9. The summed E-state index contributed by atoms with van der Waals surface area (Å²) in [5.74, 6) is 1.14. The van der Waals surface area contributed by atoms with Crippen LogP contribution in [0.15, 0.2) is 0 Å². The first-order valence-corrected chi connectivity index (χ1v) is 4.72. The van der Waals surface area contributed by atoms with Crippen LogP contribution in [0.25, 0.3) is 0 Å². The van der Waals surface area contributed by atoms with Crippen LogP contribution in [0.2, 0.25) is 0 Å². The molecule has 0 saturated heterocycles. The number of hydrogen-bond donors (Lipinski definition) is 2. The second-order valence-corrected chi connectivity index (χ2v) is 2.81. The zero-order valence-corrected chi connectivity index (χ0v) is 10.4. The fourth-order valence-electron chi connectivity index (χ4n) is 0.203. The fourth-order valence-corrected chi connectivity index (χ4v) is 0.963. The number of hydrogen-bond acceptors (Lipinski definition) is 3. The minimum absolute atomic E-state index is 0. The maximum Gasteiger partial charge on any atom is 1.00 e. The molecule has 11 heavy (non-hydrogen) atoms. The molecular weight excluding hydrogens is 195 g/mol. The first-order chi connectivity index (χ1) is 4.65. The van der Waals surface area contributed by atoms with Crippen LogP contribution in [0.5, 0.6) is 0 Å². The van der Waals surface area contributed by atoms with Gasteiger partial charge in [-0.3, -0.25) is 0 Å². The van der Waals surface area contributed by atoms with E-state index in [0.29, 0.717) is 0 Å². The van der Waals surface area contributed by atoms with E-state index in [1.807, 2.05) is 0 Å². The Bertz CT molecular complexity index is 74.1. The van der Waals surface area contributed by atoms with Gasteiger partial charge in [0, 0.05) is 0 Å². The third-order valence-electron chi connectivity index (χ3n) is 0.581. The van der Waals surface area contributed by atoms with Gasteiger partial charge in [0.15, 0.2) is 0 Å². The first-order valence-electron chi connectivity index (χ1n) is 2.81. The van der Waals surface area contributed by atoms with Crippen molar-refractivity contribution in [1.82, 2.24) is 0 Å². The number of carboxylic acid groups (broad SMARTS) is 2. The van der Waals surface area contributed by atoms with E-state index in [9.17, 15) is 0 Å². The minimum atomic E-state index is -1.83. The van der Waals surface area contributed by atoms with Crippen LogP contribution >= 0.6 is 10.8 Å². The smallest absolute Gasteiger partial charge is 0.719 e. The summed E-state index contributed by atoms with van der Waals surface area (Å²) in [6, 6.07) is 0. The van der Waals surface area contributed by atoms with Gasteiger partial charge in [0.2, 0.25) is 0 Å². The molecule has 0 aliphatic carbocycles. The second kappa shape index (κ2) is 17.2. The van der Waals surface area contributed by atoms with Crippen LogP contribution < -0.4 is 29.6 Å². The standard InChI is InChI=1S/C4H10S2.CH2O3.Na/c1-2-3-4-6-5;2-1(3)4;/h5H,2-4H2,1H3;(H2,2,3,4);/q;;+1/p-1. The summed E-state index contributed by atoms with van der Waals surface area (Å²) in [7, 11) is 1.51. The van der Waals surface area contributed by atoms with Gasteiger partial charge in [0.25, 0.3) is 0 Å². The third kappa shape index (κ3) is 56.0. The molecule has 0 aliphatic rings. The zero-order chi connectivity index (χ0) is 8.41. The monoisotopic (exact) mass is 206 g/mol. The summed E-state index contributed by atoms with van der Waals surface area (Å²) >= 11 is 4.63. The van der Waals surface area contributed by atoms with Gasteiger partial charge in [-0.1, -0.05) is 13.3 Å². The molecule has 0 amide bonds. The maximum absolute atomic E-state index is 8.56. The molecule has 0 rings (SSSR count). The molecular formula is C5H11NaO3S2. The Labute approximate surface area is 98.0 Å². The molecule has 0 heterocycles. The minimum Gasteiger partial charge on any atom is -0.719 e. The van der Waals surface area contributed by atoms with Crippen LogP contribution in [0.1, 0.15) is 19.8 Å². The van der Waals surface area contributed by atoms with Crippen LogP contribution in [0.4, 0.5) is 4.79 Å². The van der Waals surface area contributed by atoms with Crippen molar-refractivity contribution in [3.8, 4) is 0 Å². The molecule has 0 aromatic carbocycles. The van der Waals surface area contributed by atoms with Gasteiger partial charge in [-0.2, -0.15) is 0 Å². The SMILES string of the molecule is CCCCS[S-].O=C(O)O.[Na+]. The van der Waals surface area contributed by atoms with E-state index in [-0.39, 0.29) is 29.6 Å². The molecule has 3 nitrogen and oxygen atoms in total. The van der Waals surface area contributed by atoms with Crippen LogP contribution in [0, 0.1) is 0 Å². The Hall–Kier alpha value is 0.970. The molecule has 6 heteroatoms. The zero-order valence-electron chi connectivity index (χ0n) is 6.74. The number of unbranched alkanes of at least 4 members (excludes halogenated alkanes) is 1. The van der Waals surface area contributed by atoms with Gasteiger partial charge in [-0.15, -0.1) is 0 Å².